The fourth-order valence-corrected chi connectivity index (χ4v) is 2.39. The molecule has 2 rings (SSSR count). The smallest absolute Gasteiger partial charge is 0.239 e. The van der Waals surface area contributed by atoms with E-state index in [9.17, 15) is 4.79 Å². The molecule has 3 N–H and O–H groups in total. The summed E-state index contributed by atoms with van der Waals surface area (Å²) in [6.45, 7) is 2.57. The largest absolute Gasteiger partial charge is 0.493 e. The molecule has 0 spiro atoms. The van der Waals surface area contributed by atoms with Gasteiger partial charge in [-0.05, 0) is 24.1 Å². The minimum atomic E-state index is -0.273. The summed E-state index contributed by atoms with van der Waals surface area (Å²) < 4.78 is 5.65. The third-order valence-electron chi connectivity index (χ3n) is 2.81. The molecule has 1 heterocycles. The van der Waals surface area contributed by atoms with Gasteiger partial charge in [-0.1, -0.05) is 30.4 Å². The number of carbonyl (C=O) groups excluding carboxylic acids is 1. The zero-order valence-electron chi connectivity index (χ0n) is 11.8. The van der Waals surface area contributed by atoms with Crippen molar-refractivity contribution in [2.24, 2.45) is 5.73 Å². The van der Waals surface area contributed by atoms with E-state index in [-0.39, 0.29) is 12.5 Å². The summed E-state index contributed by atoms with van der Waals surface area (Å²) >= 11 is 1.33. The molecule has 6 nitrogen and oxygen atoms in total. The Balaban J connectivity index is 1.79. The van der Waals surface area contributed by atoms with Crippen molar-refractivity contribution in [2.45, 2.75) is 19.8 Å². The van der Waals surface area contributed by atoms with Crippen LogP contribution in [0.4, 0.5) is 5.13 Å². The lowest BCUT2D eigenvalue weighted by Gasteiger charge is -2.05. The molecule has 0 bridgehead atoms. The van der Waals surface area contributed by atoms with E-state index in [2.05, 4.69) is 34.6 Å². The number of anilines is 1. The molecule has 21 heavy (non-hydrogen) atoms. The molecule has 1 amide bonds. The second-order valence-corrected chi connectivity index (χ2v) is 5.41. The van der Waals surface area contributed by atoms with Gasteiger partial charge in [0.05, 0.1) is 13.2 Å². The standard InChI is InChI=1S/C14H18N4O2S/c1-2-10-3-5-11(6-4-10)20-8-7-13-17-18-14(21-13)16-12(19)9-15/h3-6H,2,7-9,15H2,1H3,(H,16,18,19). The van der Waals surface area contributed by atoms with Gasteiger partial charge in [-0.3, -0.25) is 10.1 Å². The van der Waals surface area contributed by atoms with E-state index in [4.69, 9.17) is 10.5 Å². The third kappa shape index (κ3) is 4.80. The third-order valence-corrected chi connectivity index (χ3v) is 3.71. The Morgan fingerprint density at radius 3 is 2.76 bits per heavy atom. The summed E-state index contributed by atoms with van der Waals surface area (Å²) in [5, 5.41) is 11.7. The number of nitrogens with zero attached hydrogens (tertiary/aromatic N) is 2. The van der Waals surface area contributed by atoms with Gasteiger partial charge in [0.2, 0.25) is 11.0 Å². The predicted molar refractivity (Wildman–Crippen MR) is 82.6 cm³/mol. The topological polar surface area (TPSA) is 90.1 Å². The lowest BCUT2D eigenvalue weighted by molar-refractivity contribution is -0.114. The van der Waals surface area contributed by atoms with Crippen molar-refractivity contribution in [3.8, 4) is 5.75 Å². The van der Waals surface area contributed by atoms with Crippen molar-refractivity contribution in [1.29, 1.82) is 0 Å². The number of hydrogen-bond donors (Lipinski definition) is 2. The number of nitrogens with two attached hydrogens (primary N) is 1. The molecular weight excluding hydrogens is 288 g/mol. The van der Waals surface area contributed by atoms with Crippen molar-refractivity contribution in [3.05, 3.63) is 34.8 Å². The Labute approximate surface area is 127 Å². The second kappa shape index (κ2) is 7.70. The molecule has 2 aromatic rings. The number of hydrogen-bond acceptors (Lipinski definition) is 6. The monoisotopic (exact) mass is 306 g/mol. The van der Waals surface area contributed by atoms with Crippen LogP contribution in [-0.2, 0) is 17.6 Å². The Kier molecular flexibility index (Phi) is 5.65. The number of nitrogens with one attached hydrogen (secondary N) is 1. The Hall–Kier alpha value is -1.99. The quantitative estimate of drug-likeness (QED) is 0.811. The molecule has 7 heteroatoms. The van der Waals surface area contributed by atoms with Crippen molar-refractivity contribution < 1.29 is 9.53 Å². The molecule has 0 atom stereocenters. The zero-order valence-corrected chi connectivity index (χ0v) is 12.7. The van der Waals surface area contributed by atoms with Crippen LogP contribution in [0.1, 0.15) is 17.5 Å². The van der Waals surface area contributed by atoms with Crippen LogP contribution < -0.4 is 15.8 Å². The molecule has 0 unspecified atom stereocenters. The molecule has 0 fully saturated rings. The predicted octanol–water partition coefficient (Wildman–Crippen LogP) is 1.62. The number of amides is 1. The van der Waals surface area contributed by atoms with Crippen LogP contribution in [0.15, 0.2) is 24.3 Å². The second-order valence-electron chi connectivity index (χ2n) is 4.35. The Bertz CT molecular complexity index is 583. The number of aryl methyl sites for hydroxylation is 1. The molecule has 0 aliphatic heterocycles. The maximum absolute atomic E-state index is 11.1. The van der Waals surface area contributed by atoms with Gasteiger partial charge in [0.1, 0.15) is 10.8 Å². The summed E-state index contributed by atoms with van der Waals surface area (Å²) in [5.74, 6) is 0.568. The number of carbonyl (C=O) groups is 1. The Morgan fingerprint density at radius 1 is 1.33 bits per heavy atom. The van der Waals surface area contributed by atoms with Crippen molar-refractivity contribution in [1.82, 2.24) is 10.2 Å². The average molecular weight is 306 g/mol. The summed E-state index contributed by atoms with van der Waals surface area (Å²) in [7, 11) is 0. The first-order valence-electron chi connectivity index (χ1n) is 6.75. The molecule has 1 aromatic heterocycles. The average Bonchev–Trinajstić information content (AvgIpc) is 2.95. The highest BCUT2D eigenvalue weighted by molar-refractivity contribution is 7.15. The van der Waals surface area contributed by atoms with Crippen LogP contribution in [0.3, 0.4) is 0 Å². The highest BCUT2D eigenvalue weighted by atomic mass is 32.1. The normalized spacial score (nSPS) is 10.4. The van der Waals surface area contributed by atoms with Crippen molar-refractivity contribution in [2.75, 3.05) is 18.5 Å². The fraction of sp³-hybridized carbons (Fsp3) is 0.357. The van der Waals surface area contributed by atoms with Gasteiger partial charge >= 0.3 is 0 Å². The van der Waals surface area contributed by atoms with Gasteiger partial charge in [0, 0.05) is 6.42 Å². The summed E-state index contributed by atoms with van der Waals surface area (Å²) in [6, 6.07) is 8.04. The fourth-order valence-electron chi connectivity index (χ4n) is 1.65. The minimum Gasteiger partial charge on any atom is -0.493 e. The molecule has 0 saturated heterocycles. The number of aromatic nitrogens is 2. The number of ether oxygens (including phenoxy) is 1. The van der Waals surface area contributed by atoms with E-state index < -0.39 is 0 Å². The van der Waals surface area contributed by atoms with Gasteiger partial charge in [0.15, 0.2) is 0 Å². The van der Waals surface area contributed by atoms with Crippen LogP contribution >= 0.6 is 11.3 Å². The highest BCUT2D eigenvalue weighted by Gasteiger charge is 2.07. The number of benzene rings is 1. The van der Waals surface area contributed by atoms with E-state index in [0.29, 0.717) is 18.2 Å². The lowest BCUT2D eigenvalue weighted by Crippen LogP contribution is -2.21. The molecule has 1 aromatic carbocycles. The van der Waals surface area contributed by atoms with E-state index in [1.807, 2.05) is 12.1 Å². The summed E-state index contributed by atoms with van der Waals surface area (Å²) in [5.41, 5.74) is 6.50. The van der Waals surface area contributed by atoms with E-state index in [1.54, 1.807) is 0 Å². The number of rotatable bonds is 7. The van der Waals surface area contributed by atoms with E-state index >= 15 is 0 Å². The molecule has 112 valence electrons. The summed E-state index contributed by atoms with van der Waals surface area (Å²) in [6.07, 6.45) is 1.66. The van der Waals surface area contributed by atoms with Crippen LogP contribution in [-0.4, -0.2) is 29.3 Å². The van der Waals surface area contributed by atoms with Crippen LogP contribution in [0.5, 0.6) is 5.75 Å². The van der Waals surface area contributed by atoms with Crippen molar-refractivity contribution in [3.63, 3.8) is 0 Å². The molecule has 0 radical (unpaired) electrons. The van der Waals surface area contributed by atoms with Gasteiger partial charge in [0.25, 0.3) is 0 Å². The first-order chi connectivity index (χ1) is 10.2. The van der Waals surface area contributed by atoms with Gasteiger partial charge in [-0.15, -0.1) is 10.2 Å². The molecule has 0 aliphatic carbocycles. The van der Waals surface area contributed by atoms with Crippen molar-refractivity contribution >= 4 is 22.4 Å². The molecular formula is C14H18N4O2S. The SMILES string of the molecule is CCc1ccc(OCCc2nnc(NC(=O)CN)s2)cc1. The van der Waals surface area contributed by atoms with E-state index in [1.165, 1.54) is 16.9 Å². The lowest BCUT2D eigenvalue weighted by atomic mass is 10.2. The van der Waals surface area contributed by atoms with Crippen LogP contribution in [0.25, 0.3) is 0 Å². The summed E-state index contributed by atoms with van der Waals surface area (Å²) in [4.78, 5) is 11.1. The van der Waals surface area contributed by atoms with Gasteiger partial charge in [-0.25, -0.2) is 0 Å². The first-order valence-corrected chi connectivity index (χ1v) is 7.57. The molecule has 0 aliphatic rings. The zero-order chi connectivity index (χ0) is 15.1. The first kappa shape index (κ1) is 15.4. The highest BCUT2D eigenvalue weighted by Crippen LogP contribution is 2.17. The maximum Gasteiger partial charge on any atom is 0.239 e. The maximum atomic E-state index is 11.1. The minimum absolute atomic E-state index is 0.0637. The van der Waals surface area contributed by atoms with E-state index in [0.717, 1.165) is 17.2 Å². The van der Waals surface area contributed by atoms with Crippen LogP contribution in [0.2, 0.25) is 0 Å². The van der Waals surface area contributed by atoms with Gasteiger partial charge in [-0.2, -0.15) is 0 Å². The van der Waals surface area contributed by atoms with Gasteiger partial charge < -0.3 is 10.5 Å². The van der Waals surface area contributed by atoms with Crippen LogP contribution in [0, 0.1) is 0 Å². The Morgan fingerprint density at radius 2 is 2.10 bits per heavy atom. The molecule has 0 saturated carbocycles.